The van der Waals surface area contributed by atoms with Gasteiger partial charge in [0.15, 0.2) is 5.82 Å². The molecule has 1 amide bonds. The number of halogens is 3. The summed E-state index contributed by atoms with van der Waals surface area (Å²) < 4.78 is 27.9. The number of carbonyl (C=O) groups is 1. The van der Waals surface area contributed by atoms with Gasteiger partial charge in [-0.25, -0.2) is 8.78 Å². The van der Waals surface area contributed by atoms with E-state index in [4.69, 9.17) is 11.6 Å². The second kappa shape index (κ2) is 9.48. The molecule has 1 aromatic heterocycles. The average Bonchev–Trinajstić information content (AvgIpc) is 2.81. The zero-order valence-corrected chi connectivity index (χ0v) is 17.9. The van der Waals surface area contributed by atoms with Gasteiger partial charge in [0.1, 0.15) is 16.5 Å². The number of benzene rings is 2. The van der Waals surface area contributed by atoms with Crippen molar-refractivity contribution in [2.75, 3.05) is 18.4 Å². The van der Waals surface area contributed by atoms with Gasteiger partial charge in [-0.05, 0) is 49.1 Å². The molecule has 6 nitrogen and oxygen atoms in total. The van der Waals surface area contributed by atoms with Crippen LogP contribution >= 0.6 is 11.6 Å². The minimum Gasteiger partial charge on any atom is -0.378 e. The molecule has 1 saturated heterocycles. The summed E-state index contributed by atoms with van der Waals surface area (Å²) in [7, 11) is 0. The minimum absolute atomic E-state index is 0.0353. The summed E-state index contributed by atoms with van der Waals surface area (Å²) in [6.45, 7) is 1.93. The quantitative estimate of drug-likeness (QED) is 0.615. The van der Waals surface area contributed by atoms with Gasteiger partial charge >= 0.3 is 0 Å². The smallest absolute Gasteiger partial charge is 0.292 e. The van der Waals surface area contributed by atoms with Crippen molar-refractivity contribution in [1.29, 1.82) is 0 Å². The summed E-state index contributed by atoms with van der Waals surface area (Å²) >= 11 is 6.17. The molecule has 0 spiro atoms. The number of carbonyl (C=O) groups excluding carboxylic acids is 1. The highest BCUT2D eigenvalue weighted by molar-refractivity contribution is 6.32. The molecule has 2 heterocycles. The third-order valence-corrected chi connectivity index (χ3v) is 5.75. The summed E-state index contributed by atoms with van der Waals surface area (Å²) in [6.07, 6.45) is 4.54. The summed E-state index contributed by atoms with van der Waals surface area (Å²) in [4.78, 5) is 27.0. The maximum absolute atomic E-state index is 14.0. The molecule has 0 aliphatic carbocycles. The molecule has 1 N–H and O–H groups in total. The zero-order valence-electron chi connectivity index (χ0n) is 17.2. The normalized spacial score (nSPS) is 13.8. The van der Waals surface area contributed by atoms with Gasteiger partial charge in [0.05, 0.1) is 11.9 Å². The Balaban J connectivity index is 1.45. The van der Waals surface area contributed by atoms with Crippen molar-refractivity contribution in [3.05, 3.63) is 86.8 Å². The SMILES string of the molecule is O=C(c1ccc(CNc2cnn(-c3ccc(F)cc3F)c(=O)c2Cl)cc1)N1CCCCC1. The first-order chi connectivity index (χ1) is 15.4. The standard InChI is InChI=1S/C23H21ClF2N4O2/c24-21-19(14-28-30(23(21)32)20-9-8-17(25)12-18(20)26)27-13-15-4-6-16(7-5-15)22(31)29-10-2-1-3-11-29/h4-9,12,14,27H,1-3,10-11,13H2. The molecule has 2 aromatic carbocycles. The van der Waals surface area contributed by atoms with E-state index in [0.717, 1.165) is 54.7 Å². The molecule has 166 valence electrons. The lowest BCUT2D eigenvalue weighted by Gasteiger charge is -2.26. The molecule has 0 saturated carbocycles. The minimum atomic E-state index is -0.921. The van der Waals surface area contributed by atoms with Crippen LogP contribution in [0.1, 0.15) is 35.2 Å². The van der Waals surface area contributed by atoms with Gasteiger partial charge < -0.3 is 10.2 Å². The number of aromatic nitrogens is 2. The first-order valence-corrected chi connectivity index (χ1v) is 10.7. The van der Waals surface area contributed by atoms with Crippen LogP contribution in [0.15, 0.2) is 53.5 Å². The van der Waals surface area contributed by atoms with Crippen LogP contribution in [0.4, 0.5) is 14.5 Å². The van der Waals surface area contributed by atoms with Crippen LogP contribution in [0.25, 0.3) is 5.69 Å². The Labute approximate surface area is 188 Å². The second-order valence-corrected chi connectivity index (χ2v) is 7.97. The van der Waals surface area contributed by atoms with E-state index in [9.17, 15) is 18.4 Å². The third kappa shape index (κ3) is 4.65. The first kappa shape index (κ1) is 22.0. The van der Waals surface area contributed by atoms with Crippen LogP contribution < -0.4 is 10.9 Å². The van der Waals surface area contributed by atoms with Gasteiger partial charge in [0.2, 0.25) is 0 Å². The lowest BCUT2D eigenvalue weighted by Crippen LogP contribution is -2.35. The van der Waals surface area contributed by atoms with Gasteiger partial charge in [-0.1, -0.05) is 23.7 Å². The molecule has 0 bridgehead atoms. The number of nitrogens with zero attached hydrogens (tertiary/aromatic N) is 3. The van der Waals surface area contributed by atoms with E-state index < -0.39 is 17.2 Å². The number of anilines is 1. The fourth-order valence-electron chi connectivity index (χ4n) is 3.62. The number of amides is 1. The van der Waals surface area contributed by atoms with Crippen molar-refractivity contribution in [1.82, 2.24) is 14.7 Å². The first-order valence-electron chi connectivity index (χ1n) is 10.3. The Kier molecular flexibility index (Phi) is 6.50. The highest BCUT2D eigenvalue weighted by atomic mass is 35.5. The predicted molar refractivity (Wildman–Crippen MR) is 118 cm³/mol. The van der Waals surface area contributed by atoms with E-state index in [1.807, 2.05) is 17.0 Å². The van der Waals surface area contributed by atoms with E-state index in [2.05, 4.69) is 10.4 Å². The van der Waals surface area contributed by atoms with Crippen LogP contribution in [0.2, 0.25) is 5.02 Å². The molecule has 4 rings (SSSR count). The Morgan fingerprint density at radius 2 is 1.78 bits per heavy atom. The molecular weight excluding hydrogens is 438 g/mol. The van der Waals surface area contributed by atoms with Gasteiger partial charge in [-0.15, -0.1) is 0 Å². The van der Waals surface area contributed by atoms with Crippen LogP contribution in [0.5, 0.6) is 0 Å². The maximum atomic E-state index is 14.0. The number of likely N-dealkylation sites (tertiary alicyclic amines) is 1. The van der Waals surface area contributed by atoms with E-state index in [1.54, 1.807) is 12.1 Å². The topological polar surface area (TPSA) is 67.2 Å². The van der Waals surface area contributed by atoms with Gasteiger partial charge in [0.25, 0.3) is 11.5 Å². The largest absolute Gasteiger partial charge is 0.378 e. The molecule has 9 heteroatoms. The van der Waals surface area contributed by atoms with Crippen LogP contribution in [-0.2, 0) is 6.54 Å². The predicted octanol–water partition coefficient (Wildman–Crippen LogP) is 4.40. The summed E-state index contributed by atoms with van der Waals surface area (Å²) in [5.41, 5.74) is 0.872. The molecular formula is C23H21ClF2N4O2. The van der Waals surface area contributed by atoms with Gasteiger partial charge in [-0.3, -0.25) is 9.59 Å². The van der Waals surface area contributed by atoms with Crippen LogP contribution in [-0.4, -0.2) is 33.7 Å². The molecule has 3 aromatic rings. The number of piperidine rings is 1. The van der Waals surface area contributed by atoms with E-state index >= 15 is 0 Å². The van der Waals surface area contributed by atoms with Crippen molar-refractivity contribution in [3.63, 3.8) is 0 Å². The number of hydrogen-bond donors (Lipinski definition) is 1. The van der Waals surface area contributed by atoms with Crippen LogP contribution in [0, 0.1) is 11.6 Å². The molecule has 32 heavy (non-hydrogen) atoms. The summed E-state index contributed by atoms with van der Waals surface area (Å²) in [5, 5.41) is 6.81. The van der Waals surface area contributed by atoms with Crippen molar-refractivity contribution in [3.8, 4) is 5.69 Å². The number of hydrogen-bond acceptors (Lipinski definition) is 4. The Morgan fingerprint density at radius 3 is 2.47 bits per heavy atom. The van der Waals surface area contributed by atoms with E-state index in [0.29, 0.717) is 18.2 Å². The summed E-state index contributed by atoms with van der Waals surface area (Å²) in [5.74, 6) is -1.64. The Morgan fingerprint density at radius 1 is 1.06 bits per heavy atom. The zero-order chi connectivity index (χ0) is 22.7. The second-order valence-electron chi connectivity index (χ2n) is 7.59. The maximum Gasteiger partial charge on any atom is 0.292 e. The fourth-order valence-corrected chi connectivity index (χ4v) is 3.82. The third-order valence-electron chi connectivity index (χ3n) is 5.38. The number of rotatable bonds is 5. The summed E-state index contributed by atoms with van der Waals surface area (Å²) in [6, 6.07) is 10.1. The lowest BCUT2D eigenvalue weighted by molar-refractivity contribution is 0.0724. The molecule has 0 atom stereocenters. The van der Waals surface area contributed by atoms with E-state index in [-0.39, 0.29) is 22.3 Å². The molecule has 1 fully saturated rings. The van der Waals surface area contributed by atoms with E-state index in [1.165, 1.54) is 6.20 Å². The monoisotopic (exact) mass is 458 g/mol. The van der Waals surface area contributed by atoms with Crippen molar-refractivity contribution >= 4 is 23.2 Å². The van der Waals surface area contributed by atoms with Crippen molar-refractivity contribution in [2.45, 2.75) is 25.8 Å². The lowest BCUT2D eigenvalue weighted by atomic mass is 10.1. The molecule has 0 unspecified atom stereocenters. The Hall–Kier alpha value is -3.26. The average molecular weight is 459 g/mol. The molecule has 1 aliphatic heterocycles. The van der Waals surface area contributed by atoms with Crippen molar-refractivity contribution < 1.29 is 13.6 Å². The van der Waals surface area contributed by atoms with Gasteiger partial charge in [0, 0.05) is 31.3 Å². The van der Waals surface area contributed by atoms with Crippen molar-refractivity contribution in [2.24, 2.45) is 0 Å². The van der Waals surface area contributed by atoms with Crippen LogP contribution in [0.3, 0.4) is 0 Å². The van der Waals surface area contributed by atoms with Gasteiger partial charge in [-0.2, -0.15) is 9.78 Å². The fraction of sp³-hybridized carbons (Fsp3) is 0.261. The molecule has 0 radical (unpaired) electrons. The number of nitrogens with one attached hydrogen (secondary N) is 1. The highest BCUT2D eigenvalue weighted by Gasteiger charge is 2.18. The Bertz CT molecular complexity index is 1190. The molecule has 1 aliphatic rings. The highest BCUT2D eigenvalue weighted by Crippen LogP contribution is 2.20.